The highest BCUT2D eigenvalue weighted by Crippen LogP contribution is 2.27. The standard InChI is InChI=1S/C24H23N3O6S/c1-32-26-34(30,31)22-13-7-17(8-14-22)24(29)25-18-15-23(28)27(16-18)19-9-11-21(12-10-19)33-20-5-3-2-4-6-20/h2-14,18,26H,15-16H2,1H3,(H,25,29). The summed E-state index contributed by atoms with van der Waals surface area (Å²) in [5, 5.41) is 2.84. The Balaban J connectivity index is 1.36. The van der Waals surface area contributed by atoms with Crippen LogP contribution in [0.3, 0.4) is 0 Å². The number of carbonyl (C=O) groups excluding carboxylic acids is 2. The molecule has 3 aromatic rings. The van der Waals surface area contributed by atoms with E-state index in [9.17, 15) is 18.0 Å². The molecule has 1 fully saturated rings. The van der Waals surface area contributed by atoms with E-state index in [1.54, 1.807) is 29.2 Å². The van der Waals surface area contributed by atoms with Gasteiger partial charge < -0.3 is 15.0 Å². The third-order valence-corrected chi connectivity index (χ3v) is 6.49. The summed E-state index contributed by atoms with van der Waals surface area (Å²) in [5.41, 5.74) is 0.993. The second-order valence-electron chi connectivity index (χ2n) is 7.60. The number of sulfonamides is 1. The van der Waals surface area contributed by atoms with Crippen LogP contribution < -0.4 is 19.8 Å². The molecule has 176 valence electrons. The van der Waals surface area contributed by atoms with E-state index in [0.29, 0.717) is 18.0 Å². The average molecular weight is 482 g/mol. The third-order valence-electron chi connectivity index (χ3n) is 5.21. The largest absolute Gasteiger partial charge is 0.457 e. The lowest BCUT2D eigenvalue weighted by Gasteiger charge is -2.18. The number of benzene rings is 3. The van der Waals surface area contributed by atoms with Gasteiger partial charge in [-0.05, 0) is 60.7 Å². The highest BCUT2D eigenvalue weighted by atomic mass is 32.2. The van der Waals surface area contributed by atoms with Gasteiger partial charge in [-0.25, -0.2) is 8.42 Å². The summed E-state index contributed by atoms with van der Waals surface area (Å²) in [6, 6.07) is 21.6. The monoisotopic (exact) mass is 481 g/mol. The molecule has 34 heavy (non-hydrogen) atoms. The van der Waals surface area contributed by atoms with Crippen molar-refractivity contribution in [2.75, 3.05) is 18.6 Å². The van der Waals surface area contributed by atoms with Crippen molar-refractivity contribution in [3.63, 3.8) is 0 Å². The minimum Gasteiger partial charge on any atom is -0.457 e. The maximum absolute atomic E-state index is 12.6. The summed E-state index contributed by atoms with van der Waals surface area (Å²) < 4.78 is 29.6. The Bertz CT molecular complexity index is 1260. The van der Waals surface area contributed by atoms with Gasteiger partial charge in [0.05, 0.1) is 18.0 Å². The van der Waals surface area contributed by atoms with E-state index < -0.39 is 15.9 Å². The minimum atomic E-state index is -3.81. The van der Waals surface area contributed by atoms with Crippen LogP contribution in [0.15, 0.2) is 83.8 Å². The van der Waals surface area contributed by atoms with Crippen molar-refractivity contribution in [2.45, 2.75) is 17.4 Å². The first-order valence-electron chi connectivity index (χ1n) is 10.4. The molecule has 10 heteroatoms. The zero-order chi connectivity index (χ0) is 24.1. The molecule has 1 saturated heterocycles. The fraction of sp³-hybridized carbons (Fsp3) is 0.167. The predicted molar refractivity (Wildman–Crippen MR) is 125 cm³/mol. The fourth-order valence-electron chi connectivity index (χ4n) is 3.58. The molecule has 0 radical (unpaired) electrons. The predicted octanol–water partition coefficient (Wildman–Crippen LogP) is 2.85. The van der Waals surface area contributed by atoms with Gasteiger partial charge in [-0.3, -0.25) is 14.4 Å². The number of amides is 2. The van der Waals surface area contributed by atoms with Gasteiger partial charge in [0.1, 0.15) is 11.5 Å². The molecular weight excluding hydrogens is 458 g/mol. The Hall–Kier alpha value is -3.73. The quantitative estimate of drug-likeness (QED) is 0.478. The molecule has 1 heterocycles. The van der Waals surface area contributed by atoms with Crippen molar-refractivity contribution in [3.8, 4) is 11.5 Å². The average Bonchev–Trinajstić information content (AvgIpc) is 3.20. The minimum absolute atomic E-state index is 0.0344. The lowest BCUT2D eigenvalue weighted by molar-refractivity contribution is -0.117. The highest BCUT2D eigenvalue weighted by Gasteiger charge is 2.31. The highest BCUT2D eigenvalue weighted by molar-refractivity contribution is 7.89. The number of para-hydroxylation sites is 1. The normalized spacial score (nSPS) is 15.9. The van der Waals surface area contributed by atoms with Crippen molar-refractivity contribution < 1.29 is 27.6 Å². The molecule has 2 amide bonds. The van der Waals surface area contributed by atoms with E-state index in [4.69, 9.17) is 4.74 Å². The van der Waals surface area contributed by atoms with Crippen LogP contribution in [0, 0.1) is 0 Å². The molecule has 2 N–H and O–H groups in total. The topological polar surface area (TPSA) is 114 Å². The summed E-state index contributed by atoms with van der Waals surface area (Å²) in [5.74, 6) is 0.873. The van der Waals surface area contributed by atoms with Crippen LogP contribution in [0.5, 0.6) is 11.5 Å². The number of carbonyl (C=O) groups is 2. The number of nitrogens with one attached hydrogen (secondary N) is 2. The third kappa shape index (κ3) is 5.42. The van der Waals surface area contributed by atoms with Crippen molar-refractivity contribution in [2.24, 2.45) is 0 Å². The van der Waals surface area contributed by atoms with Gasteiger partial charge in [-0.2, -0.15) is 0 Å². The Labute approximate surface area is 197 Å². The molecule has 1 unspecified atom stereocenters. The van der Waals surface area contributed by atoms with Crippen LogP contribution in [0.1, 0.15) is 16.8 Å². The maximum atomic E-state index is 12.6. The zero-order valence-corrected chi connectivity index (χ0v) is 19.1. The van der Waals surface area contributed by atoms with Gasteiger partial charge >= 0.3 is 0 Å². The van der Waals surface area contributed by atoms with Crippen molar-refractivity contribution in [3.05, 3.63) is 84.4 Å². The lowest BCUT2D eigenvalue weighted by atomic mass is 10.2. The number of ether oxygens (including phenoxy) is 1. The van der Waals surface area contributed by atoms with Crippen LogP contribution in [0.2, 0.25) is 0 Å². The Morgan fingerprint density at radius 2 is 1.59 bits per heavy atom. The van der Waals surface area contributed by atoms with Crippen LogP contribution in [0.25, 0.3) is 0 Å². The second kappa shape index (κ2) is 10.0. The summed E-state index contributed by atoms with van der Waals surface area (Å²) in [6.45, 7) is 0.327. The second-order valence-corrected chi connectivity index (χ2v) is 9.25. The molecule has 3 aromatic carbocycles. The molecule has 0 aromatic heterocycles. The van der Waals surface area contributed by atoms with Gasteiger partial charge in [-0.15, -0.1) is 0 Å². The van der Waals surface area contributed by atoms with Crippen LogP contribution in [0.4, 0.5) is 5.69 Å². The van der Waals surface area contributed by atoms with Gasteiger partial charge in [0.25, 0.3) is 15.9 Å². The maximum Gasteiger partial charge on any atom is 0.262 e. The molecule has 1 atom stereocenters. The summed E-state index contributed by atoms with van der Waals surface area (Å²) in [4.78, 5) is 33.1. The summed E-state index contributed by atoms with van der Waals surface area (Å²) >= 11 is 0. The van der Waals surface area contributed by atoms with Gasteiger partial charge in [0.15, 0.2) is 0 Å². The van der Waals surface area contributed by atoms with Crippen LogP contribution in [-0.4, -0.2) is 39.9 Å². The van der Waals surface area contributed by atoms with E-state index in [-0.39, 0.29) is 28.8 Å². The first-order chi connectivity index (χ1) is 16.4. The van der Waals surface area contributed by atoms with E-state index in [1.807, 2.05) is 35.2 Å². The molecule has 9 nitrogen and oxygen atoms in total. The van der Waals surface area contributed by atoms with Gasteiger partial charge in [-0.1, -0.05) is 23.1 Å². The SMILES string of the molecule is CONS(=O)(=O)c1ccc(C(=O)NC2CC(=O)N(c3ccc(Oc4ccccc4)cc3)C2)cc1. The van der Waals surface area contributed by atoms with E-state index in [1.165, 1.54) is 31.4 Å². The number of anilines is 1. The summed E-state index contributed by atoms with van der Waals surface area (Å²) in [6.07, 6.45) is 0.165. The molecular formula is C24H23N3O6S. The molecule has 1 aliphatic rings. The van der Waals surface area contributed by atoms with E-state index >= 15 is 0 Å². The van der Waals surface area contributed by atoms with Crippen molar-refractivity contribution in [1.82, 2.24) is 10.2 Å². The number of nitrogens with zero attached hydrogens (tertiary/aromatic N) is 1. The van der Waals surface area contributed by atoms with Crippen LogP contribution >= 0.6 is 0 Å². The first kappa shape index (κ1) is 23.4. The number of hydrogen-bond donors (Lipinski definition) is 2. The molecule has 4 rings (SSSR count). The van der Waals surface area contributed by atoms with E-state index in [2.05, 4.69) is 10.2 Å². The van der Waals surface area contributed by atoms with Crippen molar-refractivity contribution >= 4 is 27.5 Å². The van der Waals surface area contributed by atoms with Crippen molar-refractivity contribution in [1.29, 1.82) is 0 Å². The lowest BCUT2D eigenvalue weighted by Crippen LogP contribution is -2.37. The van der Waals surface area contributed by atoms with Gasteiger partial charge in [0, 0.05) is 24.2 Å². The molecule has 1 aliphatic heterocycles. The molecule has 0 saturated carbocycles. The smallest absolute Gasteiger partial charge is 0.262 e. The summed E-state index contributed by atoms with van der Waals surface area (Å²) in [7, 11) is -2.61. The molecule has 0 aliphatic carbocycles. The Kier molecular flexibility index (Phi) is 6.92. The Morgan fingerprint density at radius 1 is 0.941 bits per heavy atom. The number of hydrogen-bond acceptors (Lipinski definition) is 6. The van der Waals surface area contributed by atoms with Crippen LogP contribution in [-0.2, 0) is 19.7 Å². The van der Waals surface area contributed by atoms with E-state index in [0.717, 1.165) is 5.75 Å². The van der Waals surface area contributed by atoms with Gasteiger partial charge in [0.2, 0.25) is 5.91 Å². The molecule has 0 spiro atoms. The first-order valence-corrected chi connectivity index (χ1v) is 11.9. The number of rotatable bonds is 8. The zero-order valence-electron chi connectivity index (χ0n) is 18.3. The fourth-order valence-corrected chi connectivity index (χ4v) is 4.39. The Morgan fingerprint density at radius 3 is 2.24 bits per heavy atom. The molecule has 0 bridgehead atoms.